The molecule has 4 nitrogen and oxygen atoms in total. The summed E-state index contributed by atoms with van der Waals surface area (Å²) >= 11 is 3.58. The lowest BCUT2D eigenvalue weighted by Gasteiger charge is -2.32. The first-order chi connectivity index (χ1) is 11.7. The number of nitriles is 1. The van der Waals surface area contributed by atoms with Crippen molar-refractivity contribution in [1.82, 2.24) is 0 Å². The number of ether oxygens (including phenoxy) is 1. The van der Waals surface area contributed by atoms with Gasteiger partial charge in [-0.15, -0.1) is 0 Å². The first-order valence-electron chi connectivity index (χ1n) is 8.00. The number of morpholine rings is 1. The summed E-state index contributed by atoms with van der Waals surface area (Å²) in [6, 6.07) is 16.4. The van der Waals surface area contributed by atoms with Gasteiger partial charge in [-0.25, -0.2) is 0 Å². The van der Waals surface area contributed by atoms with Gasteiger partial charge in [0.05, 0.1) is 30.5 Å². The molecule has 24 heavy (non-hydrogen) atoms. The minimum absolute atomic E-state index is 0.660. The molecular formula is C19H20BrN3O. The fourth-order valence-electron chi connectivity index (χ4n) is 2.98. The van der Waals surface area contributed by atoms with Gasteiger partial charge in [0.25, 0.3) is 0 Å². The van der Waals surface area contributed by atoms with Crippen LogP contribution in [0.3, 0.4) is 0 Å². The molecule has 0 spiro atoms. The van der Waals surface area contributed by atoms with Crippen LogP contribution in [-0.4, -0.2) is 33.4 Å². The number of nitrogens with zero attached hydrogens (tertiary/aromatic N) is 3. The van der Waals surface area contributed by atoms with Crippen LogP contribution in [0.1, 0.15) is 11.1 Å². The Morgan fingerprint density at radius 2 is 1.96 bits per heavy atom. The van der Waals surface area contributed by atoms with E-state index >= 15 is 0 Å². The second-order valence-electron chi connectivity index (χ2n) is 5.86. The third-order valence-corrected chi connectivity index (χ3v) is 4.87. The molecule has 0 aliphatic carbocycles. The van der Waals surface area contributed by atoms with E-state index in [9.17, 15) is 0 Å². The smallest absolute Gasteiger partial charge is 0.0992 e. The predicted octanol–water partition coefficient (Wildman–Crippen LogP) is 3.79. The molecule has 0 atom stereocenters. The number of benzene rings is 2. The molecule has 2 aromatic carbocycles. The molecular weight excluding hydrogens is 366 g/mol. The number of anilines is 2. The molecule has 124 valence electrons. The molecule has 2 aromatic rings. The maximum Gasteiger partial charge on any atom is 0.0992 e. The van der Waals surface area contributed by atoms with Gasteiger partial charge in [0.1, 0.15) is 0 Å². The van der Waals surface area contributed by atoms with Gasteiger partial charge >= 0.3 is 0 Å². The van der Waals surface area contributed by atoms with E-state index in [0.717, 1.165) is 43.0 Å². The normalized spacial score (nSPS) is 14.3. The van der Waals surface area contributed by atoms with Crippen molar-refractivity contribution < 1.29 is 4.74 Å². The Labute approximate surface area is 151 Å². The van der Waals surface area contributed by atoms with Gasteiger partial charge in [0.2, 0.25) is 0 Å². The van der Waals surface area contributed by atoms with Gasteiger partial charge in [0.15, 0.2) is 0 Å². The molecule has 0 N–H and O–H groups in total. The fourth-order valence-corrected chi connectivity index (χ4v) is 3.67. The SMILES string of the molecule is CN(Cc1ccccc1N1CCOCC1)c1ccc(C#N)cc1Br. The maximum atomic E-state index is 9.01. The molecule has 5 heteroatoms. The van der Waals surface area contributed by atoms with Gasteiger partial charge in [-0.2, -0.15) is 5.26 Å². The average Bonchev–Trinajstić information content (AvgIpc) is 2.62. The summed E-state index contributed by atoms with van der Waals surface area (Å²) < 4.78 is 6.40. The van der Waals surface area contributed by atoms with Crippen LogP contribution in [0.15, 0.2) is 46.9 Å². The van der Waals surface area contributed by atoms with E-state index < -0.39 is 0 Å². The Morgan fingerprint density at radius 3 is 2.67 bits per heavy atom. The Morgan fingerprint density at radius 1 is 1.21 bits per heavy atom. The third-order valence-electron chi connectivity index (χ3n) is 4.24. The molecule has 1 aliphatic rings. The van der Waals surface area contributed by atoms with E-state index in [1.54, 1.807) is 0 Å². The highest BCUT2D eigenvalue weighted by atomic mass is 79.9. The maximum absolute atomic E-state index is 9.01. The monoisotopic (exact) mass is 385 g/mol. The summed E-state index contributed by atoms with van der Waals surface area (Å²) in [4.78, 5) is 4.59. The van der Waals surface area contributed by atoms with E-state index in [0.29, 0.717) is 5.56 Å². The third kappa shape index (κ3) is 3.72. The lowest BCUT2D eigenvalue weighted by atomic mass is 10.1. The Balaban J connectivity index is 1.82. The minimum atomic E-state index is 0.660. The van der Waals surface area contributed by atoms with Crippen molar-refractivity contribution >= 4 is 27.3 Å². The van der Waals surface area contributed by atoms with E-state index in [-0.39, 0.29) is 0 Å². The van der Waals surface area contributed by atoms with E-state index in [1.807, 2.05) is 18.2 Å². The van der Waals surface area contributed by atoms with Crippen LogP contribution in [0.2, 0.25) is 0 Å². The van der Waals surface area contributed by atoms with Gasteiger partial charge in [-0.1, -0.05) is 18.2 Å². The average molecular weight is 386 g/mol. The zero-order chi connectivity index (χ0) is 16.9. The van der Waals surface area contributed by atoms with E-state index in [4.69, 9.17) is 10.00 Å². The highest BCUT2D eigenvalue weighted by molar-refractivity contribution is 9.10. The summed E-state index contributed by atoms with van der Waals surface area (Å²) in [6.07, 6.45) is 0. The number of para-hydroxylation sites is 1. The van der Waals surface area contributed by atoms with E-state index in [1.165, 1.54) is 11.3 Å². The van der Waals surface area contributed by atoms with Crippen LogP contribution in [-0.2, 0) is 11.3 Å². The van der Waals surface area contributed by atoms with E-state index in [2.05, 4.69) is 63.1 Å². The summed E-state index contributed by atoms with van der Waals surface area (Å²) in [7, 11) is 2.07. The van der Waals surface area contributed by atoms with Gasteiger partial charge in [-0.05, 0) is 45.8 Å². The van der Waals surface area contributed by atoms with Crippen LogP contribution < -0.4 is 9.80 Å². The molecule has 1 saturated heterocycles. The van der Waals surface area contributed by atoms with Crippen molar-refractivity contribution in [3.05, 3.63) is 58.1 Å². The van der Waals surface area contributed by atoms with Gasteiger partial charge in [0, 0.05) is 36.8 Å². The number of halogens is 1. The van der Waals surface area contributed by atoms with Crippen molar-refractivity contribution in [1.29, 1.82) is 5.26 Å². The van der Waals surface area contributed by atoms with Crippen molar-refractivity contribution in [3.8, 4) is 6.07 Å². The molecule has 0 radical (unpaired) electrons. The molecule has 0 unspecified atom stereocenters. The van der Waals surface area contributed by atoms with Crippen molar-refractivity contribution in [2.24, 2.45) is 0 Å². The summed E-state index contributed by atoms with van der Waals surface area (Å²) in [5.41, 5.74) is 4.30. The molecule has 1 aliphatic heterocycles. The highest BCUT2D eigenvalue weighted by Gasteiger charge is 2.16. The van der Waals surface area contributed by atoms with Crippen molar-refractivity contribution in [2.75, 3.05) is 43.2 Å². The second kappa shape index (κ2) is 7.69. The van der Waals surface area contributed by atoms with Gasteiger partial charge < -0.3 is 14.5 Å². The number of rotatable bonds is 4. The first kappa shape index (κ1) is 16.8. The first-order valence-corrected chi connectivity index (χ1v) is 8.79. The highest BCUT2D eigenvalue weighted by Crippen LogP contribution is 2.29. The van der Waals surface area contributed by atoms with Crippen LogP contribution in [0, 0.1) is 11.3 Å². The quantitative estimate of drug-likeness (QED) is 0.802. The van der Waals surface area contributed by atoms with Crippen molar-refractivity contribution in [2.45, 2.75) is 6.54 Å². The Bertz CT molecular complexity index is 751. The topological polar surface area (TPSA) is 39.5 Å². The zero-order valence-electron chi connectivity index (χ0n) is 13.7. The fraction of sp³-hybridized carbons (Fsp3) is 0.316. The molecule has 0 bridgehead atoms. The molecule has 1 fully saturated rings. The van der Waals surface area contributed by atoms with Crippen LogP contribution in [0.25, 0.3) is 0 Å². The van der Waals surface area contributed by atoms with Crippen LogP contribution in [0.4, 0.5) is 11.4 Å². The largest absolute Gasteiger partial charge is 0.378 e. The summed E-state index contributed by atoms with van der Waals surface area (Å²) in [5, 5.41) is 9.01. The predicted molar refractivity (Wildman–Crippen MR) is 100 cm³/mol. The number of hydrogen-bond donors (Lipinski definition) is 0. The molecule has 3 rings (SSSR count). The van der Waals surface area contributed by atoms with Crippen LogP contribution in [0.5, 0.6) is 0 Å². The lowest BCUT2D eigenvalue weighted by Crippen LogP contribution is -2.37. The standard InChI is InChI=1S/C19H20BrN3O/c1-22(19-7-6-15(13-21)12-17(19)20)14-16-4-2-3-5-18(16)23-8-10-24-11-9-23/h2-7,12H,8-11,14H2,1H3. The molecule has 0 amide bonds. The molecule has 0 saturated carbocycles. The summed E-state index contributed by atoms with van der Waals surface area (Å²) in [6.45, 7) is 4.23. The van der Waals surface area contributed by atoms with Gasteiger partial charge in [-0.3, -0.25) is 0 Å². The summed E-state index contributed by atoms with van der Waals surface area (Å²) in [5.74, 6) is 0. The van der Waals surface area contributed by atoms with Crippen molar-refractivity contribution in [3.63, 3.8) is 0 Å². The number of hydrogen-bond acceptors (Lipinski definition) is 4. The lowest BCUT2D eigenvalue weighted by molar-refractivity contribution is 0.122. The Kier molecular flexibility index (Phi) is 5.39. The zero-order valence-corrected chi connectivity index (χ0v) is 15.3. The second-order valence-corrected chi connectivity index (χ2v) is 6.72. The Hall–Kier alpha value is -2.03. The molecule has 1 heterocycles. The van der Waals surface area contributed by atoms with Crippen LogP contribution >= 0.6 is 15.9 Å². The minimum Gasteiger partial charge on any atom is -0.378 e. The molecule has 0 aromatic heterocycles.